The molecule has 3 nitrogen and oxygen atoms in total. The van der Waals surface area contributed by atoms with Crippen molar-refractivity contribution < 1.29 is 4.74 Å². The Hall–Kier alpha value is -0.350. The summed E-state index contributed by atoms with van der Waals surface area (Å²) >= 11 is 6.21. The number of likely N-dealkylation sites (tertiary alicyclic amines) is 1. The minimum Gasteiger partial charge on any atom is -0.381 e. The lowest BCUT2D eigenvalue weighted by Crippen LogP contribution is -2.52. The van der Waals surface area contributed by atoms with Gasteiger partial charge in [-0.25, -0.2) is 0 Å². The SMILES string of the molecule is COC1CCC(CCCN[C@@H](CN2CC[C@H](C3=CC=C(Cl)CC3)C(C)(C)C2)C(C)C)CC1. The van der Waals surface area contributed by atoms with E-state index in [4.69, 9.17) is 16.3 Å². The van der Waals surface area contributed by atoms with Crippen LogP contribution in [0.1, 0.15) is 85.5 Å². The number of nitrogens with zero attached hydrogens (tertiary/aromatic N) is 1. The van der Waals surface area contributed by atoms with Crippen LogP contribution >= 0.6 is 11.6 Å². The fraction of sp³-hybridized carbons (Fsp3) is 0.857. The molecule has 2 fully saturated rings. The topological polar surface area (TPSA) is 24.5 Å². The van der Waals surface area contributed by atoms with Crippen molar-refractivity contribution in [2.75, 3.05) is 33.3 Å². The first kappa shape index (κ1) is 26.3. The summed E-state index contributed by atoms with van der Waals surface area (Å²) in [7, 11) is 1.87. The van der Waals surface area contributed by atoms with Gasteiger partial charge in [0, 0.05) is 31.3 Å². The Balaban J connectivity index is 1.42. The van der Waals surface area contributed by atoms with E-state index in [1.807, 2.05) is 7.11 Å². The molecule has 3 rings (SSSR count). The van der Waals surface area contributed by atoms with Crippen LogP contribution in [0.5, 0.6) is 0 Å². The second-order valence-corrected chi connectivity index (χ2v) is 12.2. The molecule has 1 N–H and O–H groups in total. The zero-order valence-electron chi connectivity index (χ0n) is 21.5. The first-order valence-electron chi connectivity index (χ1n) is 13.3. The molecule has 1 heterocycles. The van der Waals surface area contributed by atoms with Crippen LogP contribution in [0.3, 0.4) is 0 Å². The van der Waals surface area contributed by atoms with Crippen LogP contribution in [-0.4, -0.2) is 50.3 Å². The van der Waals surface area contributed by atoms with E-state index in [-0.39, 0.29) is 0 Å². The summed E-state index contributed by atoms with van der Waals surface area (Å²) in [6, 6.07) is 0.585. The third-order valence-corrected chi connectivity index (χ3v) is 8.78. The van der Waals surface area contributed by atoms with Gasteiger partial charge in [-0.3, -0.25) is 0 Å². The molecule has 1 saturated heterocycles. The van der Waals surface area contributed by atoms with Crippen molar-refractivity contribution in [1.82, 2.24) is 10.2 Å². The molecule has 4 heteroatoms. The number of halogens is 1. The van der Waals surface area contributed by atoms with E-state index < -0.39 is 0 Å². The average molecular weight is 465 g/mol. The molecular formula is C28H49ClN2O. The van der Waals surface area contributed by atoms with Crippen LogP contribution in [0, 0.1) is 23.2 Å². The number of hydrogen-bond acceptors (Lipinski definition) is 3. The van der Waals surface area contributed by atoms with E-state index in [1.165, 1.54) is 64.6 Å². The molecule has 3 aliphatic rings. The molecule has 0 aromatic heterocycles. The molecular weight excluding hydrogens is 416 g/mol. The second kappa shape index (κ2) is 12.4. The van der Waals surface area contributed by atoms with E-state index in [9.17, 15) is 0 Å². The van der Waals surface area contributed by atoms with E-state index in [1.54, 1.807) is 5.57 Å². The van der Waals surface area contributed by atoms with E-state index in [0.717, 1.165) is 30.3 Å². The molecule has 32 heavy (non-hydrogen) atoms. The zero-order valence-corrected chi connectivity index (χ0v) is 22.2. The van der Waals surface area contributed by atoms with Gasteiger partial charge in [0.05, 0.1) is 6.10 Å². The Morgan fingerprint density at radius 1 is 1.12 bits per heavy atom. The van der Waals surface area contributed by atoms with Gasteiger partial charge in [0.25, 0.3) is 0 Å². The highest BCUT2D eigenvalue weighted by Crippen LogP contribution is 2.42. The first-order chi connectivity index (χ1) is 15.3. The Morgan fingerprint density at radius 2 is 1.88 bits per heavy atom. The van der Waals surface area contributed by atoms with Gasteiger partial charge in [-0.05, 0) is 100 Å². The van der Waals surface area contributed by atoms with Crippen molar-refractivity contribution in [2.45, 2.75) is 97.6 Å². The minimum atomic E-state index is 0.324. The third-order valence-electron chi connectivity index (χ3n) is 8.47. The summed E-state index contributed by atoms with van der Waals surface area (Å²) < 4.78 is 5.53. The number of allylic oxidation sites excluding steroid dienone is 4. The van der Waals surface area contributed by atoms with Crippen molar-refractivity contribution >= 4 is 11.6 Å². The molecule has 184 valence electrons. The third kappa shape index (κ3) is 7.58. The lowest BCUT2D eigenvalue weighted by atomic mass is 9.68. The quantitative estimate of drug-likeness (QED) is 0.360. The minimum absolute atomic E-state index is 0.324. The number of hydrogen-bond donors (Lipinski definition) is 1. The van der Waals surface area contributed by atoms with Crippen molar-refractivity contribution in [3.8, 4) is 0 Å². The molecule has 1 saturated carbocycles. The molecule has 2 atom stereocenters. The molecule has 0 amide bonds. The van der Waals surface area contributed by atoms with Gasteiger partial charge in [0.1, 0.15) is 0 Å². The Morgan fingerprint density at radius 3 is 2.47 bits per heavy atom. The second-order valence-electron chi connectivity index (χ2n) is 11.7. The van der Waals surface area contributed by atoms with Gasteiger partial charge >= 0.3 is 0 Å². The van der Waals surface area contributed by atoms with Crippen molar-refractivity contribution in [2.24, 2.45) is 23.2 Å². The van der Waals surface area contributed by atoms with Crippen LogP contribution in [0.25, 0.3) is 0 Å². The van der Waals surface area contributed by atoms with Gasteiger partial charge in [0.15, 0.2) is 0 Å². The van der Waals surface area contributed by atoms with Crippen molar-refractivity contribution in [3.63, 3.8) is 0 Å². The number of ether oxygens (including phenoxy) is 1. The maximum atomic E-state index is 6.21. The van der Waals surface area contributed by atoms with Crippen LogP contribution < -0.4 is 5.32 Å². The predicted molar refractivity (Wildman–Crippen MR) is 138 cm³/mol. The molecule has 0 bridgehead atoms. The summed E-state index contributed by atoms with van der Waals surface area (Å²) in [6.07, 6.45) is 16.3. The van der Waals surface area contributed by atoms with E-state index in [0.29, 0.717) is 29.4 Å². The van der Waals surface area contributed by atoms with E-state index >= 15 is 0 Å². The number of rotatable bonds is 10. The highest BCUT2D eigenvalue weighted by molar-refractivity contribution is 6.29. The molecule has 0 aromatic carbocycles. The van der Waals surface area contributed by atoms with Crippen LogP contribution in [0.15, 0.2) is 22.8 Å². The molecule has 0 spiro atoms. The van der Waals surface area contributed by atoms with Gasteiger partial charge in [-0.1, -0.05) is 50.9 Å². The Bertz CT molecular complexity index is 633. The van der Waals surface area contributed by atoms with E-state index in [2.05, 4.69) is 50.1 Å². The Kier molecular flexibility index (Phi) is 10.2. The lowest BCUT2D eigenvalue weighted by molar-refractivity contribution is 0.0547. The largest absolute Gasteiger partial charge is 0.381 e. The fourth-order valence-electron chi connectivity index (χ4n) is 6.35. The zero-order chi connectivity index (χ0) is 23.1. The molecule has 0 unspecified atom stereocenters. The monoisotopic (exact) mass is 464 g/mol. The molecule has 0 radical (unpaired) electrons. The summed E-state index contributed by atoms with van der Waals surface area (Å²) in [5.74, 6) is 2.28. The summed E-state index contributed by atoms with van der Waals surface area (Å²) in [4.78, 5) is 2.73. The molecule has 1 aliphatic heterocycles. The van der Waals surface area contributed by atoms with Crippen LogP contribution in [0.4, 0.5) is 0 Å². The van der Waals surface area contributed by atoms with Gasteiger partial charge in [-0.15, -0.1) is 0 Å². The standard InChI is InChI=1S/C28H49ClN2O/c1-21(2)27(30-17-6-7-22-8-14-25(32-5)15-9-22)19-31-18-16-26(28(3,4)20-31)23-10-12-24(29)13-11-23/h10,12,21-22,25-27,30H,6-9,11,13-20H2,1-5H3/t22?,25?,26-,27+/m1/s1. The summed E-state index contributed by atoms with van der Waals surface area (Å²) in [5, 5.41) is 4.94. The molecule has 2 aliphatic carbocycles. The summed E-state index contributed by atoms with van der Waals surface area (Å²) in [5.41, 5.74) is 1.95. The first-order valence-corrected chi connectivity index (χ1v) is 13.7. The Labute approximate surface area is 203 Å². The average Bonchev–Trinajstić information content (AvgIpc) is 2.76. The van der Waals surface area contributed by atoms with Gasteiger partial charge in [-0.2, -0.15) is 0 Å². The van der Waals surface area contributed by atoms with Gasteiger partial charge in [0.2, 0.25) is 0 Å². The highest BCUT2D eigenvalue weighted by Gasteiger charge is 2.38. The maximum Gasteiger partial charge on any atom is 0.0571 e. The number of methoxy groups -OCH3 is 1. The van der Waals surface area contributed by atoms with Crippen LogP contribution in [0.2, 0.25) is 0 Å². The predicted octanol–water partition coefficient (Wildman–Crippen LogP) is 6.78. The van der Waals surface area contributed by atoms with Gasteiger partial charge < -0.3 is 15.0 Å². The molecule has 0 aromatic rings. The maximum absolute atomic E-state index is 6.21. The highest BCUT2D eigenvalue weighted by atomic mass is 35.5. The normalized spacial score (nSPS) is 30.2. The van der Waals surface area contributed by atoms with Crippen molar-refractivity contribution in [3.05, 3.63) is 22.8 Å². The smallest absolute Gasteiger partial charge is 0.0571 e. The number of nitrogens with one attached hydrogen (secondary N) is 1. The summed E-state index contributed by atoms with van der Waals surface area (Å²) in [6.45, 7) is 14.5. The fourth-order valence-corrected chi connectivity index (χ4v) is 6.51. The lowest BCUT2D eigenvalue weighted by Gasteiger charge is -2.47. The number of piperidine rings is 1. The van der Waals surface area contributed by atoms with Crippen LogP contribution in [-0.2, 0) is 4.74 Å². The van der Waals surface area contributed by atoms with Crippen molar-refractivity contribution in [1.29, 1.82) is 0 Å².